The molecular weight excluding hydrogens is 617 g/mol. The van der Waals surface area contributed by atoms with Crippen LogP contribution in [0.15, 0.2) is 186 Å². The van der Waals surface area contributed by atoms with Crippen molar-refractivity contribution in [2.24, 2.45) is 0 Å². The van der Waals surface area contributed by atoms with E-state index in [4.69, 9.17) is 9.90 Å². The van der Waals surface area contributed by atoms with E-state index in [-0.39, 0.29) is 45.7 Å². The Balaban J connectivity index is 1.18. The van der Waals surface area contributed by atoms with E-state index in [0.29, 0.717) is 22.3 Å². The number of hydrogen-bond donors (Lipinski definition) is 0. The summed E-state index contributed by atoms with van der Waals surface area (Å²) in [5.41, 5.74) is 5.20. The van der Waals surface area contributed by atoms with Crippen LogP contribution in [-0.4, -0.2) is 0 Å². The molecule has 0 radical (unpaired) electrons. The molecule has 0 spiro atoms. The molecule has 51 heavy (non-hydrogen) atoms. The Morgan fingerprint density at radius 3 is 1.57 bits per heavy atom. The lowest BCUT2D eigenvalue weighted by molar-refractivity contribution is 0.669. The normalized spacial score (nSPS) is 14.1. The summed E-state index contributed by atoms with van der Waals surface area (Å²) in [6, 6.07) is 41.1. The second-order valence-corrected chi connectivity index (χ2v) is 13.1. The van der Waals surface area contributed by atoms with Gasteiger partial charge in [-0.15, -0.1) is 0 Å². The van der Waals surface area contributed by atoms with Gasteiger partial charge in [-0.1, -0.05) is 151 Å². The van der Waals surface area contributed by atoms with Crippen LogP contribution in [0.5, 0.6) is 0 Å². The molecule has 10 aromatic carbocycles. The molecule has 0 aliphatic carbocycles. The van der Waals surface area contributed by atoms with Gasteiger partial charge in [0.25, 0.3) is 0 Å². The largest absolute Gasteiger partial charge is 0.456 e. The van der Waals surface area contributed by atoms with Gasteiger partial charge in [-0.2, -0.15) is 0 Å². The van der Waals surface area contributed by atoms with E-state index in [1.54, 1.807) is 0 Å². The summed E-state index contributed by atoms with van der Waals surface area (Å²) >= 11 is 0. The smallest absolute Gasteiger partial charge is 0.136 e. The summed E-state index contributed by atoms with van der Waals surface area (Å²) in [4.78, 5) is 0. The number of benzene rings is 10. The first-order valence-electron chi connectivity index (χ1n) is 20.9. The maximum Gasteiger partial charge on any atom is 0.136 e. The summed E-state index contributed by atoms with van der Waals surface area (Å²) in [6.07, 6.45) is 0. The average Bonchev–Trinajstić information content (AvgIpc) is 3.63. The van der Waals surface area contributed by atoms with Crippen LogP contribution in [0.3, 0.4) is 0 Å². The molecule has 0 saturated carbocycles. The first-order valence-corrected chi connectivity index (χ1v) is 16.9. The third-order valence-corrected chi connectivity index (χ3v) is 10.3. The molecule has 0 amide bonds. The lowest BCUT2D eigenvalue weighted by atomic mass is 9.85. The van der Waals surface area contributed by atoms with E-state index >= 15 is 0 Å². The maximum atomic E-state index is 9.35. The standard InChI is InChI=1S/C50H30O/c1-2-11-35-30-48-46(28-34(35)10-1)45-29-36(24-26-47(45)51-48)31-17-20-33(21-18-31)49-41-13-5-7-15-43(41)50(44-16-8-6-14-42(44)49)38-23-25-40-37(27-38)22-19-32-9-3-4-12-39(32)40/h1-30H/i5D,6D,7D,8D,13D,14D,15D,16D. The van der Waals surface area contributed by atoms with Crippen LogP contribution in [0.2, 0.25) is 0 Å². The van der Waals surface area contributed by atoms with Crippen molar-refractivity contribution in [2.75, 3.05) is 0 Å². The zero-order chi connectivity index (χ0) is 40.4. The quantitative estimate of drug-likeness (QED) is 0.136. The molecule has 0 bridgehead atoms. The predicted molar refractivity (Wildman–Crippen MR) is 218 cm³/mol. The van der Waals surface area contributed by atoms with Crippen LogP contribution in [-0.2, 0) is 0 Å². The summed E-state index contributed by atoms with van der Waals surface area (Å²) in [5, 5.41) is 8.99. The monoisotopic (exact) mass is 654 g/mol. The van der Waals surface area contributed by atoms with Crippen molar-refractivity contribution >= 4 is 75.8 Å². The van der Waals surface area contributed by atoms with E-state index < -0.39 is 24.2 Å². The van der Waals surface area contributed by atoms with Crippen LogP contribution in [0.1, 0.15) is 11.0 Å². The Bertz CT molecular complexity index is 3560. The Hall–Kier alpha value is -6.70. The summed E-state index contributed by atoms with van der Waals surface area (Å²) in [6.45, 7) is 0. The van der Waals surface area contributed by atoms with E-state index in [1.807, 2.05) is 97.1 Å². The van der Waals surface area contributed by atoms with Crippen LogP contribution in [0.25, 0.3) is 109 Å². The molecule has 1 heterocycles. The molecule has 0 unspecified atom stereocenters. The molecule has 236 valence electrons. The second-order valence-electron chi connectivity index (χ2n) is 13.1. The fourth-order valence-electron chi connectivity index (χ4n) is 7.84. The minimum Gasteiger partial charge on any atom is -0.456 e. The van der Waals surface area contributed by atoms with Crippen LogP contribution < -0.4 is 0 Å². The minimum atomic E-state index is -0.426. The fourth-order valence-corrected chi connectivity index (χ4v) is 7.84. The van der Waals surface area contributed by atoms with Gasteiger partial charge in [0.1, 0.15) is 11.2 Å². The molecule has 1 aromatic heterocycles. The Labute approximate surface area is 305 Å². The van der Waals surface area contributed by atoms with E-state index in [2.05, 4.69) is 36.4 Å². The SMILES string of the molecule is [2H]c1c([2H])c([2H])c2c(-c3ccc4c(ccc5ccccc54)c3)c3c([2H])c([2H])c([2H])c([2H])c3c(-c3ccc(-c4ccc5oc6cc7ccccc7cc6c5c4)cc3)c2c1[2H]. The highest BCUT2D eigenvalue weighted by Gasteiger charge is 2.17. The third kappa shape index (κ3) is 4.35. The topological polar surface area (TPSA) is 13.1 Å². The first-order chi connectivity index (χ1) is 28.6. The summed E-state index contributed by atoms with van der Waals surface area (Å²) in [7, 11) is 0. The number of fused-ring (bicyclic) bond motifs is 9. The van der Waals surface area contributed by atoms with Crippen molar-refractivity contribution in [3.05, 3.63) is 182 Å². The number of hydrogen-bond acceptors (Lipinski definition) is 1. The molecule has 0 fully saturated rings. The van der Waals surface area contributed by atoms with Gasteiger partial charge in [-0.05, 0) is 118 Å². The third-order valence-electron chi connectivity index (χ3n) is 10.3. The minimum absolute atomic E-state index is 0.188. The van der Waals surface area contributed by atoms with Crippen LogP contribution in [0, 0.1) is 0 Å². The van der Waals surface area contributed by atoms with Gasteiger partial charge in [0, 0.05) is 10.8 Å². The van der Waals surface area contributed by atoms with Crippen molar-refractivity contribution in [1.29, 1.82) is 0 Å². The summed E-state index contributed by atoms with van der Waals surface area (Å²) < 4.78 is 78.9. The van der Waals surface area contributed by atoms with Gasteiger partial charge in [-0.25, -0.2) is 0 Å². The molecule has 0 aliphatic rings. The van der Waals surface area contributed by atoms with Crippen molar-refractivity contribution in [3.8, 4) is 33.4 Å². The lowest BCUT2D eigenvalue weighted by Crippen LogP contribution is -1.91. The zero-order valence-electron chi connectivity index (χ0n) is 35.1. The van der Waals surface area contributed by atoms with E-state index in [9.17, 15) is 5.48 Å². The van der Waals surface area contributed by atoms with Crippen molar-refractivity contribution in [1.82, 2.24) is 0 Å². The molecule has 0 saturated heterocycles. The van der Waals surface area contributed by atoms with Crippen molar-refractivity contribution in [2.45, 2.75) is 0 Å². The summed E-state index contributed by atoms with van der Waals surface area (Å²) in [5.74, 6) is 0. The molecule has 0 aliphatic heterocycles. The Morgan fingerprint density at radius 1 is 0.314 bits per heavy atom. The molecule has 11 rings (SSSR count). The lowest BCUT2D eigenvalue weighted by Gasteiger charge is -2.18. The predicted octanol–water partition coefficient (Wildman–Crippen LogP) is 14.4. The molecule has 11 aromatic rings. The molecule has 0 atom stereocenters. The highest BCUT2D eigenvalue weighted by molar-refractivity contribution is 6.22. The fraction of sp³-hybridized carbons (Fsp3) is 0. The second kappa shape index (κ2) is 10.9. The number of furan rings is 1. The number of rotatable bonds is 3. The molecular formula is C50H30O. The van der Waals surface area contributed by atoms with E-state index in [0.717, 1.165) is 65.4 Å². The van der Waals surface area contributed by atoms with Crippen LogP contribution >= 0.6 is 0 Å². The zero-order valence-corrected chi connectivity index (χ0v) is 27.1. The van der Waals surface area contributed by atoms with Gasteiger partial charge < -0.3 is 4.42 Å². The van der Waals surface area contributed by atoms with Gasteiger partial charge in [0.05, 0.1) is 11.0 Å². The first kappa shape index (κ1) is 21.4. The Morgan fingerprint density at radius 2 is 0.843 bits per heavy atom. The van der Waals surface area contributed by atoms with Gasteiger partial charge >= 0.3 is 0 Å². The van der Waals surface area contributed by atoms with Crippen molar-refractivity contribution in [3.63, 3.8) is 0 Å². The molecule has 1 heteroatoms. The molecule has 1 nitrogen and oxygen atoms in total. The van der Waals surface area contributed by atoms with Crippen molar-refractivity contribution < 1.29 is 15.4 Å². The maximum absolute atomic E-state index is 9.35. The highest BCUT2D eigenvalue weighted by Crippen LogP contribution is 2.45. The highest BCUT2D eigenvalue weighted by atomic mass is 16.3. The Kier molecular flexibility index (Phi) is 4.57. The van der Waals surface area contributed by atoms with Crippen LogP contribution in [0.4, 0.5) is 0 Å². The van der Waals surface area contributed by atoms with Gasteiger partial charge in [0.2, 0.25) is 0 Å². The van der Waals surface area contributed by atoms with Gasteiger partial charge in [0.15, 0.2) is 0 Å². The molecule has 0 N–H and O–H groups in total. The average molecular weight is 655 g/mol. The van der Waals surface area contributed by atoms with Gasteiger partial charge in [-0.3, -0.25) is 0 Å². The van der Waals surface area contributed by atoms with E-state index in [1.165, 1.54) is 0 Å².